The average Bonchev–Trinajstić information content (AvgIpc) is 3.18. The molecule has 9 rings (SSSR count). The van der Waals surface area contributed by atoms with Gasteiger partial charge in [0.05, 0.1) is 0 Å². The molecule has 0 aliphatic rings. The third kappa shape index (κ3) is 5.23. The monoisotopic (exact) mass is 623 g/mol. The molecule has 0 unspecified atom stereocenters. The van der Waals surface area contributed by atoms with E-state index < -0.39 is 0 Å². The number of para-hydroxylation sites is 1. The summed E-state index contributed by atoms with van der Waals surface area (Å²) in [5.74, 6) is 0. The molecule has 0 saturated carbocycles. The Labute approximate surface area is 287 Å². The van der Waals surface area contributed by atoms with E-state index in [2.05, 4.69) is 205 Å². The van der Waals surface area contributed by atoms with Crippen LogP contribution in [0.2, 0.25) is 0 Å². The summed E-state index contributed by atoms with van der Waals surface area (Å²) in [6.07, 6.45) is 0. The highest BCUT2D eigenvalue weighted by Crippen LogP contribution is 2.43. The lowest BCUT2D eigenvalue weighted by Crippen LogP contribution is -2.09. The first-order chi connectivity index (χ1) is 24.3. The van der Waals surface area contributed by atoms with Crippen molar-refractivity contribution in [1.29, 1.82) is 0 Å². The fourth-order valence-electron chi connectivity index (χ4n) is 7.32. The highest BCUT2D eigenvalue weighted by Gasteiger charge is 2.17. The molecule has 0 aromatic heterocycles. The molecule has 230 valence electrons. The summed E-state index contributed by atoms with van der Waals surface area (Å²) in [6.45, 7) is 0. The zero-order chi connectivity index (χ0) is 32.6. The van der Waals surface area contributed by atoms with Crippen molar-refractivity contribution >= 4 is 49.4 Å². The molecule has 0 atom stereocenters. The van der Waals surface area contributed by atoms with Crippen LogP contribution in [0, 0.1) is 0 Å². The molecule has 0 spiro atoms. The number of anilines is 3. The van der Waals surface area contributed by atoms with Crippen LogP contribution >= 0.6 is 0 Å². The Hall–Kier alpha value is -6.44. The van der Waals surface area contributed by atoms with Crippen molar-refractivity contribution in [3.05, 3.63) is 200 Å². The first-order valence-corrected chi connectivity index (χ1v) is 16.9. The molecule has 0 heterocycles. The second-order valence-electron chi connectivity index (χ2n) is 12.5. The Morgan fingerprint density at radius 3 is 1.49 bits per heavy atom. The van der Waals surface area contributed by atoms with Gasteiger partial charge in [0.15, 0.2) is 0 Å². The number of benzene rings is 9. The highest BCUT2D eigenvalue weighted by molar-refractivity contribution is 6.20. The van der Waals surface area contributed by atoms with Crippen molar-refractivity contribution in [2.75, 3.05) is 4.90 Å². The first-order valence-electron chi connectivity index (χ1n) is 16.9. The quantitative estimate of drug-likeness (QED) is 0.167. The van der Waals surface area contributed by atoms with E-state index in [0.717, 1.165) is 17.1 Å². The normalized spacial score (nSPS) is 11.3. The van der Waals surface area contributed by atoms with Crippen molar-refractivity contribution < 1.29 is 0 Å². The van der Waals surface area contributed by atoms with E-state index in [4.69, 9.17) is 0 Å². The van der Waals surface area contributed by atoms with Crippen molar-refractivity contribution in [3.8, 4) is 33.4 Å². The Balaban J connectivity index is 1.19. The lowest BCUT2D eigenvalue weighted by molar-refractivity contribution is 1.28. The molecule has 0 N–H and O–H groups in total. The third-order valence-corrected chi connectivity index (χ3v) is 9.65. The van der Waals surface area contributed by atoms with Crippen LogP contribution in [0.15, 0.2) is 200 Å². The molecule has 49 heavy (non-hydrogen) atoms. The molecule has 1 nitrogen and oxygen atoms in total. The molecule has 0 saturated heterocycles. The number of rotatable bonds is 6. The predicted molar refractivity (Wildman–Crippen MR) is 210 cm³/mol. The maximum Gasteiger partial charge on any atom is 0.0462 e. The van der Waals surface area contributed by atoms with Crippen molar-refractivity contribution in [2.45, 2.75) is 0 Å². The van der Waals surface area contributed by atoms with Crippen LogP contribution in [0.4, 0.5) is 17.1 Å². The zero-order valence-corrected chi connectivity index (χ0v) is 27.0. The lowest BCUT2D eigenvalue weighted by atomic mass is 9.87. The minimum Gasteiger partial charge on any atom is -0.311 e. The van der Waals surface area contributed by atoms with Gasteiger partial charge in [0, 0.05) is 17.1 Å². The minimum atomic E-state index is 1.11. The van der Waals surface area contributed by atoms with Crippen LogP contribution in [-0.4, -0.2) is 0 Å². The third-order valence-electron chi connectivity index (χ3n) is 9.65. The molecular weight excluding hydrogens is 591 g/mol. The first kappa shape index (κ1) is 28.8. The fourth-order valence-corrected chi connectivity index (χ4v) is 7.32. The molecule has 0 radical (unpaired) electrons. The second-order valence-corrected chi connectivity index (χ2v) is 12.5. The van der Waals surface area contributed by atoms with E-state index in [0.29, 0.717) is 0 Å². The van der Waals surface area contributed by atoms with Gasteiger partial charge in [0.2, 0.25) is 0 Å². The topological polar surface area (TPSA) is 3.24 Å². The van der Waals surface area contributed by atoms with Crippen LogP contribution in [0.25, 0.3) is 65.7 Å². The van der Waals surface area contributed by atoms with E-state index in [1.54, 1.807) is 0 Å². The van der Waals surface area contributed by atoms with Crippen molar-refractivity contribution in [3.63, 3.8) is 0 Å². The van der Waals surface area contributed by atoms with Crippen LogP contribution in [0.5, 0.6) is 0 Å². The summed E-state index contributed by atoms with van der Waals surface area (Å²) in [6, 6.07) is 72.4. The Kier molecular flexibility index (Phi) is 7.22. The molecule has 9 aromatic rings. The lowest BCUT2D eigenvalue weighted by Gasteiger charge is -2.26. The number of fused-ring (bicyclic) bond motifs is 4. The summed E-state index contributed by atoms with van der Waals surface area (Å²) in [5, 5.41) is 7.59. The summed E-state index contributed by atoms with van der Waals surface area (Å²) in [5.41, 5.74) is 10.7. The molecule has 1 heteroatoms. The summed E-state index contributed by atoms with van der Waals surface area (Å²) in [4.78, 5) is 2.33. The van der Waals surface area contributed by atoms with Gasteiger partial charge in [-0.15, -0.1) is 0 Å². The fraction of sp³-hybridized carbons (Fsp3) is 0. The standard InChI is InChI=1S/C48H33N/c1-3-13-34(14-4-1)35-25-29-40(30-26-35)49(39-18-5-2-6-19-39)41-31-27-37(28-32-41)44-22-12-24-46-43-21-10-8-16-38(43)33-47(48(44)46)45-23-11-17-36-15-7-9-20-42(36)45/h1-33H. The van der Waals surface area contributed by atoms with Crippen LogP contribution in [0.1, 0.15) is 0 Å². The molecule has 0 bridgehead atoms. The average molecular weight is 624 g/mol. The molecule has 9 aromatic carbocycles. The maximum atomic E-state index is 2.38. The van der Waals surface area contributed by atoms with Gasteiger partial charge < -0.3 is 4.90 Å². The minimum absolute atomic E-state index is 1.11. The van der Waals surface area contributed by atoms with Crippen molar-refractivity contribution in [1.82, 2.24) is 0 Å². The summed E-state index contributed by atoms with van der Waals surface area (Å²) >= 11 is 0. The smallest absolute Gasteiger partial charge is 0.0462 e. The molecule has 0 aliphatic carbocycles. The molecule has 0 fully saturated rings. The number of nitrogens with zero attached hydrogens (tertiary/aromatic N) is 1. The zero-order valence-electron chi connectivity index (χ0n) is 27.0. The molecule has 0 amide bonds. The van der Waals surface area contributed by atoms with Gasteiger partial charge in [-0.3, -0.25) is 0 Å². The van der Waals surface area contributed by atoms with E-state index in [1.807, 2.05) is 0 Å². The number of hydrogen-bond acceptors (Lipinski definition) is 1. The van der Waals surface area contributed by atoms with Crippen LogP contribution < -0.4 is 4.90 Å². The van der Waals surface area contributed by atoms with Crippen LogP contribution in [-0.2, 0) is 0 Å². The molecular formula is C48H33N. The maximum absolute atomic E-state index is 2.38. The van der Waals surface area contributed by atoms with Gasteiger partial charge in [0.25, 0.3) is 0 Å². The van der Waals surface area contributed by atoms with E-state index in [9.17, 15) is 0 Å². The van der Waals surface area contributed by atoms with Crippen molar-refractivity contribution in [2.24, 2.45) is 0 Å². The van der Waals surface area contributed by atoms with Crippen LogP contribution in [0.3, 0.4) is 0 Å². The largest absolute Gasteiger partial charge is 0.311 e. The van der Waals surface area contributed by atoms with Gasteiger partial charge in [0.1, 0.15) is 0 Å². The second kappa shape index (κ2) is 12.3. The Morgan fingerprint density at radius 2 is 0.755 bits per heavy atom. The number of hydrogen-bond donors (Lipinski definition) is 0. The highest BCUT2D eigenvalue weighted by atomic mass is 15.1. The Bertz CT molecular complexity index is 2560. The van der Waals surface area contributed by atoms with Gasteiger partial charge in [-0.05, 0) is 108 Å². The predicted octanol–water partition coefficient (Wildman–Crippen LogP) is 13.6. The van der Waals surface area contributed by atoms with Gasteiger partial charge in [-0.25, -0.2) is 0 Å². The van der Waals surface area contributed by atoms with Gasteiger partial charge in [-0.2, -0.15) is 0 Å². The van der Waals surface area contributed by atoms with E-state index >= 15 is 0 Å². The van der Waals surface area contributed by atoms with E-state index in [-0.39, 0.29) is 0 Å². The summed E-state index contributed by atoms with van der Waals surface area (Å²) in [7, 11) is 0. The molecule has 0 aliphatic heterocycles. The van der Waals surface area contributed by atoms with Gasteiger partial charge >= 0.3 is 0 Å². The summed E-state index contributed by atoms with van der Waals surface area (Å²) < 4.78 is 0. The van der Waals surface area contributed by atoms with E-state index in [1.165, 1.54) is 65.7 Å². The Morgan fingerprint density at radius 1 is 0.265 bits per heavy atom. The SMILES string of the molecule is c1ccc(-c2ccc(N(c3ccccc3)c3ccc(-c4cccc5c4c(-c4cccc6ccccc46)cc4ccccc45)cc3)cc2)cc1. The van der Waals surface area contributed by atoms with Gasteiger partial charge in [-0.1, -0.05) is 158 Å².